The lowest BCUT2D eigenvalue weighted by molar-refractivity contribution is 0.222. The van der Waals surface area contributed by atoms with Crippen LogP contribution in [0, 0.1) is 19.8 Å². The molecule has 0 saturated carbocycles. The Kier molecular flexibility index (Phi) is 4.81. The van der Waals surface area contributed by atoms with Crippen molar-refractivity contribution in [2.45, 2.75) is 26.7 Å². The van der Waals surface area contributed by atoms with E-state index >= 15 is 0 Å². The number of nitrogens with zero attached hydrogens (tertiary/aromatic N) is 4. The SMILES string of the molecule is CNc1nc(C)nc(N(C)CC2CCN(C)CC2)c1C. The first-order chi connectivity index (χ1) is 9.51. The molecule has 2 rings (SSSR count). The summed E-state index contributed by atoms with van der Waals surface area (Å²) in [6, 6.07) is 0. The van der Waals surface area contributed by atoms with E-state index in [1.165, 1.54) is 25.9 Å². The van der Waals surface area contributed by atoms with Crippen LogP contribution in [0.15, 0.2) is 0 Å². The molecule has 5 nitrogen and oxygen atoms in total. The predicted molar refractivity (Wildman–Crippen MR) is 84.5 cm³/mol. The number of likely N-dealkylation sites (tertiary alicyclic amines) is 1. The van der Waals surface area contributed by atoms with Crippen LogP contribution in [-0.2, 0) is 0 Å². The number of aromatic nitrogens is 2. The fraction of sp³-hybridized carbons (Fsp3) is 0.733. The minimum Gasteiger partial charge on any atom is -0.373 e. The van der Waals surface area contributed by atoms with E-state index in [1.54, 1.807) is 0 Å². The zero-order valence-corrected chi connectivity index (χ0v) is 13.4. The van der Waals surface area contributed by atoms with Crippen molar-refractivity contribution < 1.29 is 0 Å². The Balaban J connectivity index is 2.09. The summed E-state index contributed by atoms with van der Waals surface area (Å²) in [5, 5.41) is 3.16. The first kappa shape index (κ1) is 15.0. The van der Waals surface area contributed by atoms with Crippen LogP contribution >= 0.6 is 0 Å². The molecule has 0 unspecified atom stereocenters. The Labute approximate surface area is 122 Å². The number of piperidine rings is 1. The highest BCUT2D eigenvalue weighted by molar-refractivity contribution is 5.58. The van der Waals surface area contributed by atoms with E-state index in [9.17, 15) is 0 Å². The van der Waals surface area contributed by atoms with Gasteiger partial charge < -0.3 is 15.1 Å². The van der Waals surface area contributed by atoms with Crippen molar-refractivity contribution in [2.75, 3.05) is 51.0 Å². The molecule has 1 aromatic rings. The summed E-state index contributed by atoms with van der Waals surface area (Å²) in [5.41, 5.74) is 1.13. The van der Waals surface area contributed by atoms with E-state index in [4.69, 9.17) is 0 Å². The molecular weight excluding hydrogens is 250 g/mol. The molecule has 0 atom stereocenters. The van der Waals surface area contributed by atoms with Crippen LogP contribution in [-0.4, -0.2) is 55.6 Å². The fourth-order valence-electron chi connectivity index (χ4n) is 2.95. The van der Waals surface area contributed by atoms with Crippen LogP contribution in [0.3, 0.4) is 0 Å². The number of aryl methyl sites for hydroxylation is 1. The zero-order chi connectivity index (χ0) is 14.7. The van der Waals surface area contributed by atoms with Gasteiger partial charge in [0, 0.05) is 26.2 Å². The summed E-state index contributed by atoms with van der Waals surface area (Å²) >= 11 is 0. The summed E-state index contributed by atoms with van der Waals surface area (Å²) in [6.07, 6.45) is 2.56. The second kappa shape index (κ2) is 6.39. The Morgan fingerprint density at radius 2 is 1.90 bits per heavy atom. The molecule has 0 aliphatic carbocycles. The lowest BCUT2D eigenvalue weighted by atomic mass is 9.96. The van der Waals surface area contributed by atoms with Gasteiger partial charge in [-0.1, -0.05) is 0 Å². The molecule has 1 aliphatic heterocycles. The molecule has 1 aromatic heterocycles. The van der Waals surface area contributed by atoms with Gasteiger partial charge >= 0.3 is 0 Å². The predicted octanol–water partition coefficient (Wildman–Crippen LogP) is 1.91. The quantitative estimate of drug-likeness (QED) is 0.911. The van der Waals surface area contributed by atoms with Crippen LogP contribution in [0.25, 0.3) is 0 Å². The van der Waals surface area contributed by atoms with E-state index in [1.807, 2.05) is 14.0 Å². The van der Waals surface area contributed by atoms with Gasteiger partial charge in [-0.25, -0.2) is 9.97 Å². The highest BCUT2D eigenvalue weighted by Crippen LogP contribution is 2.25. The summed E-state index contributed by atoms with van der Waals surface area (Å²) in [5.74, 6) is 3.58. The van der Waals surface area contributed by atoms with Crippen LogP contribution in [0.2, 0.25) is 0 Å². The molecule has 20 heavy (non-hydrogen) atoms. The Bertz CT molecular complexity index is 452. The van der Waals surface area contributed by atoms with Crippen LogP contribution in [0.1, 0.15) is 24.2 Å². The minimum absolute atomic E-state index is 0.768. The molecule has 2 heterocycles. The van der Waals surface area contributed by atoms with Crippen LogP contribution < -0.4 is 10.2 Å². The molecular formula is C15H27N5. The number of anilines is 2. The lowest BCUT2D eigenvalue weighted by Gasteiger charge is -2.32. The fourth-order valence-corrected chi connectivity index (χ4v) is 2.95. The summed E-state index contributed by atoms with van der Waals surface area (Å²) < 4.78 is 0. The molecule has 0 bridgehead atoms. The Hall–Kier alpha value is -1.36. The first-order valence-electron chi connectivity index (χ1n) is 7.44. The van der Waals surface area contributed by atoms with Gasteiger partial charge in [-0.05, 0) is 52.7 Å². The van der Waals surface area contributed by atoms with Crippen molar-refractivity contribution in [2.24, 2.45) is 5.92 Å². The Morgan fingerprint density at radius 1 is 1.25 bits per heavy atom. The number of hydrogen-bond donors (Lipinski definition) is 1. The second-order valence-electron chi connectivity index (χ2n) is 5.95. The van der Waals surface area contributed by atoms with Crippen molar-refractivity contribution in [3.05, 3.63) is 11.4 Å². The maximum absolute atomic E-state index is 4.63. The zero-order valence-electron chi connectivity index (χ0n) is 13.4. The largest absolute Gasteiger partial charge is 0.373 e. The van der Waals surface area contributed by atoms with Crippen molar-refractivity contribution in [3.8, 4) is 0 Å². The molecule has 1 aliphatic rings. The third kappa shape index (κ3) is 3.39. The maximum Gasteiger partial charge on any atom is 0.137 e. The molecule has 1 saturated heterocycles. The van der Waals surface area contributed by atoms with Gasteiger partial charge in [-0.15, -0.1) is 0 Å². The maximum atomic E-state index is 4.63. The molecule has 1 fully saturated rings. The third-order valence-electron chi connectivity index (χ3n) is 4.20. The molecule has 0 aromatic carbocycles. The molecule has 0 spiro atoms. The van der Waals surface area contributed by atoms with Gasteiger partial charge in [0.1, 0.15) is 17.5 Å². The molecule has 1 N–H and O–H groups in total. The average molecular weight is 277 g/mol. The highest BCUT2D eigenvalue weighted by Gasteiger charge is 2.20. The van der Waals surface area contributed by atoms with Crippen molar-refractivity contribution in [1.29, 1.82) is 0 Å². The van der Waals surface area contributed by atoms with E-state index in [2.05, 4.69) is 46.1 Å². The van der Waals surface area contributed by atoms with E-state index < -0.39 is 0 Å². The smallest absolute Gasteiger partial charge is 0.137 e. The number of nitrogens with one attached hydrogen (secondary N) is 1. The van der Waals surface area contributed by atoms with Gasteiger partial charge in [-0.2, -0.15) is 0 Å². The topological polar surface area (TPSA) is 44.3 Å². The van der Waals surface area contributed by atoms with Gasteiger partial charge in [-0.3, -0.25) is 0 Å². The summed E-state index contributed by atoms with van der Waals surface area (Å²) in [7, 11) is 6.26. The van der Waals surface area contributed by atoms with Crippen molar-refractivity contribution >= 4 is 11.6 Å². The summed E-state index contributed by atoms with van der Waals surface area (Å²) in [6.45, 7) is 7.54. The van der Waals surface area contributed by atoms with Crippen molar-refractivity contribution in [3.63, 3.8) is 0 Å². The van der Waals surface area contributed by atoms with Crippen LogP contribution in [0.5, 0.6) is 0 Å². The third-order valence-corrected chi connectivity index (χ3v) is 4.20. The van der Waals surface area contributed by atoms with Gasteiger partial charge in [0.2, 0.25) is 0 Å². The summed E-state index contributed by atoms with van der Waals surface area (Å²) in [4.78, 5) is 13.8. The first-order valence-corrected chi connectivity index (χ1v) is 7.44. The lowest BCUT2D eigenvalue weighted by Crippen LogP contribution is -2.36. The van der Waals surface area contributed by atoms with E-state index in [0.29, 0.717) is 0 Å². The van der Waals surface area contributed by atoms with Crippen LogP contribution in [0.4, 0.5) is 11.6 Å². The van der Waals surface area contributed by atoms with Gasteiger partial charge in [0.15, 0.2) is 0 Å². The van der Waals surface area contributed by atoms with E-state index in [0.717, 1.165) is 35.5 Å². The van der Waals surface area contributed by atoms with Gasteiger partial charge in [0.05, 0.1) is 0 Å². The highest BCUT2D eigenvalue weighted by atomic mass is 15.2. The molecule has 0 radical (unpaired) electrons. The average Bonchev–Trinajstić information content (AvgIpc) is 2.43. The monoisotopic (exact) mass is 277 g/mol. The molecule has 112 valence electrons. The normalized spacial score (nSPS) is 17.2. The minimum atomic E-state index is 0.768. The number of rotatable bonds is 4. The van der Waals surface area contributed by atoms with Gasteiger partial charge in [0.25, 0.3) is 0 Å². The second-order valence-corrected chi connectivity index (χ2v) is 5.95. The van der Waals surface area contributed by atoms with Crippen molar-refractivity contribution in [1.82, 2.24) is 14.9 Å². The number of hydrogen-bond acceptors (Lipinski definition) is 5. The molecule has 5 heteroatoms. The van der Waals surface area contributed by atoms with E-state index in [-0.39, 0.29) is 0 Å². The Morgan fingerprint density at radius 3 is 2.50 bits per heavy atom. The standard InChI is InChI=1S/C15H27N5/c1-11-14(16-3)17-12(2)18-15(11)20(5)10-13-6-8-19(4)9-7-13/h13H,6-10H2,1-5H3,(H,16,17,18). The molecule has 0 amide bonds.